The van der Waals surface area contributed by atoms with E-state index in [0.29, 0.717) is 30.5 Å². The standard InChI is InChI=1S/C10H15ClN2O2/c1-7(2)8-6-10(15-13-8)12-9(14)4-3-5-11/h6-7H,3-5H2,1-2H3,(H,12,14). The Balaban J connectivity index is 2.46. The van der Waals surface area contributed by atoms with Crippen LogP contribution in [0.15, 0.2) is 10.6 Å². The van der Waals surface area contributed by atoms with E-state index in [9.17, 15) is 4.79 Å². The normalized spacial score (nSPS) is 10.7. The average molecular weight is 231 g/mol. The van der Waals surface area contributed by atoms with Crippen molar-refractivity contribution in [2.75, 3.05) is 11.2 Å². The number of amides is 1. The summed E-state index contributed by atoms with van der Waals surface area (Å²) in [6.45, 7) is 4.02. The number of nitrogens with one attached hydrogen (secondary N) is 1. The SMILES string of the molecule is CC(C)c1cc(NC(=O)CCCCl)on1. The van der Waals surface area contributed by atoms with Crippen LogP contribution in [0.3, 0.4) is 0 Å². The summed E-state index contributed by atoms with van der Waals surface area (Å²) in [5, 5.41) is 6.46. The van der Waals surface area contributed by atoms with Gasteiger partial charge in [0.1, 0.15) is 0 Å². The molecule has 0 aromatic carbocycles. The third-order valence-corrected chi connectivity index (χ3v) is 2.19. The van der Waals surface area contributed by atoms with Gasteiger partial charge in [-0.15, -0.1) is 11.6 Å². The Bertz CT molecular complexity index is 323. The smallest absolute Gasteiger partial charge is 0.231 e. The molecule has 15 heavy (non-hydrogen) atoms. The zero-order valence-corrected chi connectivity index (χ0v) is 9.67. The van der Waals surface area contributed by atoms with Crippen molar-refractivity contribution in [1.29, 1.82) is 0 Å². The number of aromatic nitrogens is 1. The van der Waals surface area contributed by atoms with E-state index in [2.05, 4.69) is 10.5 Å². The largest absolute Gasteiger partial charge is 0.338 e. The van der Waals surface area contributed by atoms with Crippen LogP contribution < -0.4 is 5.32 Å². The highest BCUT2D eigenvalue weighted by Gasteiger charge is 2.09. The summed E-state index contributed by atoms with van der Waals surface area (Å²) < 4.78 is 4.96. The van der Waals surface area contributed by atoms with Crippen molar-refractivity contribution in [3.05, 3.63) is 11.8 Å². The zero-order chi connectivity index (χ0) is 11.3. The first-order valence-electron chi connectivity index (χ1n) is 4.96. The summed E-state index contributed by atoms with van der Waals surface area (Å²) in [7, 11) is 0. The number of nitrogens with zero attached hydrogens (tertiary/aromatic N) is 1. The highest BCUT2D eigenvalue weighted by Crippen LogP contribution is 2.17. The van der Waals surface area contributed by atoms with E-state index in [1.807, 2.05) is 13.8 Å². The number of carbonyl (C=O) groups excluding carboxylic acids is 1. The Morgan fingerprint density at radius 3 is 2.93 bits per heavy atom. The lowest BCUT2D eigenvalue weighted by atomic mass is 10.1. The highest BCUT2D eigenvalue weighted by atomic mass is 35.5. The molecular formula is C10H15ClN2O2. The van der Waals surface area contributed by atoms with Gasteiger partial charge in [0.2, 0.25) is 11.8 Å². The molecule has 1 rings (SSSR count). The Kier molecular flexibility index (Phi) is 4.62. The molecule has 0 aliphatic heterocycles. The Labute approximate surface area is 94.0 Å². The minimum atomic E-state index is -0.0953. The van der Waals surface area contributed by atoms with Crippen LogP contribution in [0.25, 0.3) is 0 Å². The molecule has 1 amide bonds. The van der Waals surface area contributed by atoms with Crippen LogP contribution in [0.5, 0.6) is 0 Å². The van der Waals surface area contributed by atoms with Crippen LogP contribution >= 0.6 is 11.6 Å². The van der Waals surface area contributed by atoms with E-state index in [-0.39, 0.29) is 5.91 Å². The van der Waals surface area contributed by atoms with E-state index < -0.39 is 0 Å². The highest BCUT2D eigenvalue weighted by molar-refractivity contribution is 6.18. The maximum atomic E-state index is 11.3. The van der Waals surface area contributed by atoms with Gasteiger partial charge in [-0.1, -0.05) is 19.0 Å². The Morgan fingerprint density at radius 2 is 2.40 bits per heavy atom. The molecule has 5 heteroatoms. The number of anilines is 1. The van der Waals surface area contributed by atoms with Crippen LogP contribution in [-0.4, -0.2) is 16.9 Å². The van der Waals surface area contributed by atoms with E-state index in [4.69, 9.17) is 16.1 Å². The predicted octanol–water partition coefficient (Wildman–Crippen LogP) is 2.76. The van der Waals surface area contributed by atoms with Crippen molar-refractivity contribution in [3.8, 4) is 0 Å². The zero-order valence-electron chi connectivity index (χ0n) is 8.92. The third-order valence-electron chi connectivity index (χ3n) is 1.92. The summed E-state index contributed by atoms with van der Waals surface area (Å²) in [6, 6.07) is 1.74. The van der Waals surface area contributed by atoms with Crippen molar-refractivity contribution in [3.63, 3.8) is 0 Å². The molecular weight excluding hydrogens is 216 g/mol. The second-order valence-corrected chi connectivity index (χ2v) is 3.99. The van der Waals surface area contributed by atoms with E-state index in [1.165, 1.54) is 0 Å². The molecule has 0 aliphatic rings. The number of hydrogen-bond acceptors (Lipinski definition) is 3. The fourth-order valence-electron chi connectivity index (χ4n) is 1.05. The van der Waals surface area contributed by atoms with Crippen LogP contribution in [0.4, 0.5) is 5.88 Å². The summed E-state index contributed by atoms with van der Waals surface area (Å²) >= 11 is 5.48. The fraction of sp³-hybridized carbons (Fsp3) is 0.600. The third kappa shape index (κ3) is 3.91. The molecule has 1 aromatic rings. The molecule has 0 fully saturated rings. The maximum absolute atomic E-state index is 11.3. The van der Waals surface area contributed by atoms with Gasteiger partial charge in [-0.3, -0.25) is 10.1 Å². The lowest BCUT2D eigenvalue weighted by Gasteiger charge is -1.98. The molecule has 0 spiro atoms. The van der Waals surface area contributed by atoms with Gasteiger partial charge < -0.3 is 4.52 Å². The number of carbonyl (C=O) groups is 1. The molecule has 1 N–H and O–H groups in total. The van der Waals surface area contributed by atoms with Gasteiger partial charge in [-0.25, -0.2) is 0 Å². The number of alkyl halides is 1. The molecule has 84 valence electrons. The summed E-state index contributed by atoms with van der Waals surface area (Å²) in [5.74, 6) is 1.09. The second kappa shape index (κ2) is 5.75. The molecule has 0 aliphatic carbocycles. The molecule has 0 atom stereocenters. The lowest BCUT2D eigenvalue weighted by molar-refractivity contribution is -0.116. The molecule has 0 saturated heterocycles. The summed E-state index contributed by atoms with van der Waals surface area (Å²) in [4.78, 5) is 11.3. The van der Waals surface area contributed by atoms with Crippen molar-refractivity contribution in [2.24, 2.45) is 0 Å². The van der Waals surface area contributed by atoms with Gasteiger partial charge in [0.05, 0.1) is 5.69 Å². The minimum Gasteiger partial charge on any atom is -0.338 e. The van der Waals surface area contributed by atoms with Crippen molar-refractivity contribution in [2.45, 2.75) is 32.6 Å². The first kappa shape index (κ1) is 12.0. The first-order chi connectivity index (χ1) is 7.13. The fourth-order valence-corrected chi connectivity index (χ4v) is 1.18. The minimum absolute atomic E-state index is 0.0953. The topological polar surface area (TPSA) is 55.1 Å². The van der Waals surface area contributed by atoms with E-state index >= 15 is 0 Å². The van der Waals surface area contributed by atoms with Gasteiger partial charge in [-0.05, 0) is 12.3 Å². The van der Waals surface area contributed by atoms with Crippen molar-refractivity contribution in [1.82, 2.24) is 5.16 Å². The van der Waals surface area contributed by atoms with Gasteiger partial charge >= 0.3 is 0 Å². The lowest BCUT2D eigenvalue weighted by Crippen LogP contribution is -2.10. The first-order valence-corrected chi connectivity index (χ1v) is 5.49. The summed E-state index contributed by atoms with van der Waals surface area (Å²) in [6.07, 6.45) is 1.07. The van der Waals surface area contributed by atoms with Gasteiger partial charge in [0, 0.05) is 18.4 Å². The summed E-state index contributed by atoms with van der Waals surface area (Å²) in [5.41, 5.74) is 0.836. The Morgan fingerprint density at radius 1 is 1.67 bits per heavy atom. The van der Waals surface area contributed by atoms with Gasteiger partial charge in [-0.2, -0.15) is 0 Å². The molecule has 0 bridgehead atoms. The number of rotatable bonds is 5. The maximum Gasteiger partial charge on any atom is 0.231 e. The Hall–Kier alpha value is -1.03. The monoisotopic (exact) mass is 230 g/mol. The van der Waals surface area contributed by atoms with Crippen LogP contribution in [-0.2, 0) is 4.79 Å². The quantitative estimate of drug-likeness (QED) is 0.792. The molecule has 4 nitrogen and oxygen atoms in total. The van der Waals surface area contributed by atoms with Crippen LogP contribution in [0, 0.1) is 0 Å². The van der Waals surface area contributed by atoms with Crippen molar-refractivity contribution < 1.29 is 9.32 Å². The van der Waals surface area contributed by atoms with Gasteiger partial charge in [0.25, 0.3) is 0 Å². The molecule has 1 heterocycles. The molecule has 1 aromatic heterocycles. The van der Waals surface area contributed by atoms with Crippen molar-refractivity contribution >= 4 is 23.4 Å². The molecule has 0 saturated carbocycles. The number of hydrogen-bond donors (Lipinski definition) is 1. The van der Waals surface area contributed by atoms with E-state index in [1.54, 1.807) is 6.07 Å². The number of halogens is 1. The van der Waals surface area contributed by atoms with Crippen LogP contribution in [0.1, 0.15) is 38.3 Å². The van der Waals surface area contributed by atoms with Crippen LogP contribution in [0.2, 0.25) is 0 Å². The predicted molar refractivity (Wildman–Crippen MR) is 59.2 cm³/mol. The molecule has 0 unspecified atom stereocenters. The van der Waals surface area contributed by atoms with E-state index in [0.717, 1.165) is 5.69 Å². The molecule has 0 radical (unpaired) electrons. The second-order valence-electron chi connectivity index (χ2n) is 3.61. The average Bonchev–Trinajstić information content (AvgIpc) is 2.63. The van der Waals surface area contributed by atoms with Gasteiger partial charge in [0.15, 0.2) is 0 Å².